The van der Waals surface area contributed by atoms with E-state index in [-0.39, 0.29) is 11.7 Å². The van der Waals surface area contributed by atoms with Gasteiger partial charge >= 0.3 is 0 Å². The van der Waals surface area contributed by atoms with E-state index in [1.807, 2.05) is 19.9 Å². The van der Waals surface area contributed by atoms with Crippen molar-refractivity contribution in [1.29, 1.82) is 0 Å². The number of carbonyl (C=O) groups excluding carboxylic acids is 1. The van der Waals surface area contributed by atoms with E-state index in [0.717, 1.165) is 5.69 Å². The number of rotatable bonds is 2. The first-order chi connectivity index (χ1) is 8.99. The van der Waals surface area contributed by atoms with Gasteiger partial charge in [0, 0.05) is 24.5 Å². The lowest BCUT2D eigenvalue weighted by atomic mass is 10.1. The van der Waals surface area contributed by atoms with Crippen LogP contribution in [0.4, 0.5) is 5.69 Å². The van der Waals surface area contributed by atoms with E-state index in [2.05, 4.69) is 4.98 Å². The number of phenolic OH excluding ortho intramolecular Hbond substituents is 1. The van der Waals surface area contributed by atoms with Gasteiger partial charge in [0.05, 0.1) is 11.3 Å². The predicted molar refractivity (Wildman–Crippen MR) is 74.6 cm³/mol. The maximum atomic E-state index is 12.4. The quantitative estimate of drug-likeness (QED) is 0.898. The number of aromatic hydroxyl groups is 1. The molecular weight excluding hydrogens is 240 g/mol. The number of anilines is 1. The molecule has 19 heavy (non-hydrogen) atoms. The molecule has 2 aromatic rings. The average Bonchev–Trinajstić information content (AvgIpc) is 2.37. The standard InChI is InChI=1S/C15H16N2O2/c1-10-7-8-14(11(2)16-10)15(19)17(3)12-5-4-6-13(18)9-12/h4-9,18H,1-3H3. The van der Waals surface area contributed by atoms with Gasteiger partial charge < -0.3 is 10.0 Å². The summed E-state index contributed by atoms with van der Waals surface area (Å²) in [5.41, 5.74) is 2.80. The molecule has 0 radical (unpaired) electrons. The third-order valence-electron chi connectivity index (χ3n) is 2.98. The van der Waals surface area contributed by atoms with Crippen LogP contribution in [0.1, 0.15) is 21.7 Å². The highest BCUT2D eigenvalue weighted by Crippen LogP contribution is 2.21. The van der Waals surface area contributed by atoms with Gasteiger partial charge in [0.15, 0.2) is 0 Å². The molecule has 1 heterocycles. The van der Waals surface area contributed by atoms with Gasteiger partial charge in [0.1, 0.15) is 5.75 Å². The maximum absolute atomic E-state index is 12.4. The number of amides is 1. The molecule has 4 heteroatoms. The van der Waals surface area contributed by atoms with Gasteiger partial charge in [-0.15, -0.1) is 0 Å². The lowest BCUT2D eigenvalue weighted by Gasteiger charge is -2.18. The third kappa shape index (κ3) is 2.73. The van der Waals surface area contributed by atoms with E-state index in [9.17, 15) is 9.90 Å². The summed E-state index contributed by atoms with van der Waals surface area (Å²) in [5, 5.41) is 9.45. The number of nitrogens with zero attached hydrogens (tertiary/aromatic N) is 2. The van der Waals surface area contributed by atoms with Crippen LogP contribution < -0.4 is 4.90 Å². The van der Waals surface area contributed by atoms with Gasteiger partial charge in [0.25, 0.3) is 5.91 Å². The van der Waals surface area contributed by atoms with E-state index < -0.39 is 0 Å². The van der Waals surface area contributed by atoms with Gasteiger partial charge in [0.2, 0.25) is 0 Å². The van der Waals surface area contributed by atoms with Crippen molar-refractivity contribution in [2.45, 2.75) is 13.8 Å². The van der Waals surface area contributed by atoms with Crippen LogP contribution in [0.2, 0.25) is 0 Å². The summed E-state index contributed by atoms with van der Waals surface area (Å²) in [6, 6.07) is 10.2. The summed E-state index contributed by atoms with van der Waals surface area (Å²) in [7, 11) is 1.68. The molecule has 0 bridgehead atoms. The summed E-state index contributed by atoms with van der Waals surface area (Å²) in [6.45, 7) is 3.71. The molecule has 1 N–H and O–H groups in total. The molecule has 0 unspecified atom stereocenters. The molecule has 0 aliphatic carbocycles. The summed E-state index contributed by atoms with van der Waals surface area (Å²) in [4.78, 5) is 18.2. The topological polar surface area (TPSA) is 53.4 Å². The molecule has 0 saturated carbocycles. The molecule has 1 aromatic heterocycles. The zero-order valence-corrected chi connectivity index (χ0v) is 11.2. The number of phenols is 1. The second-order valence-corrected chi connectivity index (χ2v) is 4.47. The van der Waals surface area contributed by atoms with Crippen molar-refractivity contribution in [3.05, 3.63) is 53.3 Å². The van der Waals surface area contributed by atoms with Crippen molar-refractivity contribution in [3.8, 4) is 5.75 Å². The first kappa shape index (κ1) is 13.1. The number of benzene rings is 1. The SMILES string of the molecule is Cc1ccc(C(=O)N(C)c2cccc(O)c2)c(C)n1. The largest absolute Gasteiger partial charge is 0.508 e. The van der Waals surface area contributed by atoms with Gasteiger partial charge in [-0.05, 0) is 38.1 Å². The number of pyridine rings is 1. The second kappa shape index (κ2) is 5.10. The first-order valence-electron chi connectivity index (χ1n) is 6.00. The highest BCUT2D eigenvalue weighted by Gasteiger charge is 2.16. The number of hydrogen-bond acceptors (Lipinski definition) is 3. The molecule has 0 fully saturated rings. The first-order valence-corrected chi connectivity index (χ1v) is 6.00. The molecule has 0 spiro atoms. The number of carbonyl (C=O) groups is 1. The predicted octanol–water partition coefficient (Wildman–Crippen LogP) is 2.68. The van der Waals surface area contributed by atoms with Gasteiger partial charge in [-0.3, -0.25) is 9.78 Å². The molecule has 1 aromatic carbocycles. The van der Waals surface area contributed by atoms with Crippen molar-refractivity contribution in [2.75, 3.05) is 11.9 Å². The summed E-state index contributed by atoms with van der Waals surface area (Å²) < 4.78 is 0. The molecule has 0 saturated heterocycles. The monoisotopic (exact) mass is 256 g/mol. The molecule has 0 atom stereocenters. The van der Waals surface area contributed by atoms with Crippen LogP contribution in [-0.2, 0) is 0 Å². The molecule has 4 nitrogen and oxygen atoms in total. The highest BCUT2D eigenvalue weighted by molar-refractivity contribution is 6.06. The van der Waals surface area contributed by atoms with Crippen LogP contribution in [0.25, 0.3) is 0 Å². The maximum Gasteiger partial charge on any atom is 0.259 e. The Balaban J connectivity index is 2.33. The summed E-state index contributed by atoms with van der Waals surface area (Å²) in [5.74, 6) is -0.00787. The normalized spacial score (nSPS) is 10.3. The Kier molecular flexibility index (Phi) is 3.51. The highest BCUT2D eigenvalue weighted by atomic mass is 16.3. The lowest BCUT2D eigenvalue weighted by Crippen LogP contribution is -2.27. The van der Waals surface area contributed by atoms with Crippen molar-refractivity contribution >= 4 is 11.6 Å². The fourth-order valence-electron chi connectivity index (χ4n) is 1.91. The number of aryl methyl sites for hydroxylation is 2. The van der Waals surface area contributed by atoms with Crippen LogP contribution in [0.15, 0.2) is 36.4 Å². The van der Waals surface area contributed by atoms with E-state index in [1.54, 1.807) is 37.4 Å². The van der Waals surface area contributed by atoms with Crippen molar-refractivity contribution < 1.29 is 9.90 Å². The van der Waals surface area contributed by atoms with E-state index in [4.69, 9.17) is 0 Å². The minimum absolute atomic E-state index is 0.135. The van der Waals surface area contributed by atoms with Crippen LogP contribution in [0.5, 0.6) is 5.75 Å². The fourth-order valence-corrected chi connectivity index (χ4v) is 1.91. The zero-order chi connectivity index (χ0) is 14.0. The van der Waals surface area contributed by atoms with Gasteiger partial charge in [-0.2, -0.15) is 0 Å². The minimum Gasteiger partial charge on any atom is -0.508 e. The van der Waals surface area contributed by atoms with Crippen LogP contribution in [-0.4, -0.2) is 23.0 Å². The van der Waals surface area contributed by atoms with Crippen molar-refractivity contribution in [2.24, 2.45) is 0 Å². The summed E-state index contributed by atoms with van der Waals surface area (Å²) in [6.07, 6.45) is 0. The van der Waals surface area contributed by atoms with E-state index in [1.165, 1.54) is 4.90 Å². The smallest absolute Gasteiger partial charge is 0.259 e. The summed E-state index contributed by atoms with van der Waals surface area (Å²) >= 11 is 0. The van der Waals surface area contributed by atoms with Crippen LogP contribution >= 0.6 is 0 Å². The molecular formula is C15H16N2O2. The van der Waals surface area contributed by atoms with Crippen molar-refractivity contribution in [3.63, 3.8) is 0 Å². The Bertz CT molecular complexity index is 623. The molecule has 0 aliphatic rings. The minimum atomic E-state index is -0.143. The van der Waals surface area contributed by atoms with Crippen molar-refractivity contribution in [1.82, 2.24) is 4.98 Å². The van der Waals surface area contributed by atoms with Crippen LogP contribution in [0.3, 0.4) is 0 Å². The van der Waals surface area contributed by atoms with E-state index in [0.29, 0.717) is 16.9 Å². The Morgan fingerprint density at radius 1 is 1.21 bits per heavy atom. The Morgan fingerprint density at radius 2 is 1.95 bits per heavy atom. The molecule has 98 valence electrons. The number of aromatic nitrogens is 1. The van der Waals surface area contributed by atoms with E-state index >= 15 is 0 Å². The average molecular weight is 256 g/mol. The zero-order valence-electron chi connectivity index (χ0n) is 11.2. The van der Waals surface area contributed by atoms with Crippen LogP contribution in [0, 0.1) is 13.8 Å². The molecule has 1 amide bonds. The van der Waals surface area contributed by atoms with Gasteiger partial charge in [-0.25, -0.2) is 0 Å². The van der Waals surface area contributed by atoms with Gasteiger partial charge in [-0.1, -0.05) is 6.07 Å². The molecule has 0 aliphatic heterocycles. The lowest BCUT2D eigenvalue weighted by molar-refractivity contribution is 0.0992. The Labute approximate surface area is 112 Å². The Hall–Kier alpha value is -2.36. The number of hydrogen-bond donors (Lipinski definition) is 1. The fraction of sp³-hybridized carbons (Fsp3) is 0.200. The third-order valence-corrected chi connectivity index (χ3v) is 2.98. The Morgan fingerprint density at radius 3 is 2.58 bits per heavy atom. The molecule has 2 rings (SSSR count). The second-order valence-electron chi connectivity index (χ2n) is 4.47.